The Morgan fingerprint density at radius 2 is 1.30 bits per heavy atom. The van der Waals surface area contributed by atoms with Crippen molar-refractivity contribution in [2.24, 2.45) is 0 Å². The Bertz CT molecular complexity index is 1080. The molecule has 2 N–H and O–H groups in total. The van der Waals surface area contributed by atoms with Crippen LogP contribution in [0.3, 0.4) is 0 Å². The second-order valence-corrected chi connectivity index (χ2v) is 8.72. The highest BCUT2D eigenvalue weighted by Crippen LogP contribution is 2.28. The molecular formula is C27H26N4OS. The van der Waals surface area contributed by atoms with E-state index in [0.29, 0.717) is 6.54 Å². The summed E-state index contributed by atoms with van der Waals surface area (Å²) in [6.07, 6.45) is 3.42. The number of nitrogens with one attached hydrogen (secondary N) is 2. The zero-order valence-electron chi connectivity index (χ0n) is 18.2. The topological polar surface area (TPSA) is 57.3 Å². The van der Waals surface area contributed by atoms with Gasteiger partial charge in [-0.2, -0.15) is 0 Å². The Labute approximate surface area is 199 Å². The first-order chi connectivity index (χ1) is 16.2. The number of carbonyl (C=O) groups is 1. The minimum Gasteiger partial charge on any atom is -0.334 e. The number of pyridine rings is 1. The molecule has 0 aliphatic carbocycles. The van der Waals surface area contributed by atoms with Gasteiger partial charge < -0.3 is 10.6 Å². The molecule has 5 nitrogen and oxygen atoms in total. The van der Waals surface area contributed by atoms with Crippen LogP contribution in [0.4, 0.5) is 10.5 Å². The normalized spacial score (nSPS) is 10.7. The summed E-state index contributed by atoms with van der Waals surface area (Å²) in [5.41, 5.74) is 4.29. The lowest BCUT2D eigenvalue weighted by molar-refractivity contribution is 0.251. The third-order valence-corrected chi connectivity index (χ3v) is 5.95. The van der Waals surface area contributed by atoms with Gasteiger partial charge in [0.1, 0.15) is 0 Å². The molecule has 4 aromatic rings. The third-order valence-electron chi connectivity index (χ3n) is 4.95. The van der Waals surface area contributed by atoms with Crippen LogP contribution < -0.4 is 10.6 Å². The van der Waals surface area contributed by atoms with Gasteiger partial charge in [0.25, 0.3) is 0 Å². The highest BCUT2D eigenvalue weighted by molar-refractivity contribution is 7.97. The quantitative estimate of drug-likeness (QED) is 0.300. The summed E-state index contributed by atoms with van der Waals surface area (Å²) in [7, 11) is 0. The standard InChI is InChI=1S/C27H26N4OS/c32-27(29-19-22-15-17-28-18-16-22)30-25-11-13-26(14-12-25)33-31(20-23-7-3-1-4-8-23)21-24-9-5-2-6-10-24/h1-18H,19-21H2,(H2,29,30,32). The number of urea groups is 1. The van der Waals surface area contributed by atoms with Gasteiger partial charge >= 0.3 is 6.03 Å². The molecule has 0 spiro atoms. The predicted octanol–water partition coefficient (Wildman–Crippen LogP) is 6.11. The maximum absolute atomic E-state index is 12.2. The Balaban J connectivity index is 1.35. The van der Waals surface area contributed by atoms with Gasteiger partial charge in [0.05, 0.1) is 0 Å². The molecule has 0 bridgehead atoms. The van der Waals surface area contributed by atoms with Gasteiger partial charge in [0, 0.05) is 42.6 Å². The summed E-state index contributed by atoms with van der Waals surface area (Å²) in [6, 6.07) is 32.4. The van der Waals surface area contributed by atoms with Crippen LogP contribution in [0.15, 0.2) is 114 Å². The van der Waals surface area contributed by atoms with Crippen molar-refractivity contribution in [3.8, 4) is 0 Å². The molecule has 0 atom stereocenters. The molecule has 1 aromatic heterocycles. The van der Waals surface area contributed by atoms with Gasteiger partial charge in [0.2, 0.25) is 0 Å². The molecule has 0 unspecified atom stereocenters. The number of amides is 2. The van der Waals surface area contributed by atoms with E-state index in [-0.39, 0.29) is 6.03 Å². The fourth-order valence-corrected chi connectivity index (χ4v) is 4.28. The van der Waals surface area contributed by atoms with Crippen molar-refractivity contribution >= 4 is 23.7 Å². The number of nitrogens with zero attached hydrogens (tertiary/aromatic N) is 2. The summed E-state index contributed by atoms with van der Waals surface area (Å²) < 4.78 is 2.34. The molecule has 6 heteroatoms. The van der Waals surface area contributed by atoms with Gasteiger partial charge in [-0.25, -0.2) is 9.10 Å². The predicted molar refractivity (Wildman–Crippen MR) is 135 cm³/mol. The second-order valence-electron chi connectivity index (χ2n) is 7.55. The zero-order chi connectivity index (χ0) is 22.7. The number of hydrogen-bond acceptors (Lipinski definition) is 4. The van der Waals surface area contributed by atoms with Crippen molar-refractivity contribution in [3.05, 3.63) is 126 Å². The minimum atomic E-state index is -0.234. The van der Waals surface area contributed by atoms with Crippen molar-refractivity contribution < 1.29 is 4.79 Å². The molecular weight excluding hydrogens is 428 g/mol. The van der Waals surface area contributed by atoms with E-state index in [0.717, 1.165) is 29.2 Å². The summed E-state index contributed by atoms with van der Waals surface area (Å²) in [5.74, 6) is 0. The molecule has 166 valence electrons. The summed E-state index contributed by atoms with van der Waals surface area (Å²) in [5, 5.41) is 5.74. The molecule has 0 radical (unpaired) electrons. The first-order valence-corrected chi connectivity index (χ1v) is 11.6. The molecule has 33 heavy (non-hydrogen) atoms. The average molecular weight is 455 g/mol. The summed E-state index contributed by atoms with van der Waals surface area (Å²) in [6.45, 7) is 2.12. The zero-order valence-corrected chi connectivity index (χ0v) is 19.0. The van der Waals surface area contributed by atoms with Crippen LogP contribution in [0, 0.1) is 0 Å². The third kappa shape index (κ3) is 7.49. The van der Waals surface area contributed by atoms with Gasteiger partial charge in [-0.15, -0.1) is 0 Å². The van der Waals surface area contributed by atoms with Crippen LogP contribution in [0.5, 0.6) is 0 Å². The Hall–Kier alpha value is -3.61. The van der Waals surface area contributed by atoms with Crippen LogP contribution in [0.1, 0.15) is 16.7 Å². The van der Waals surface area contributed by atoms with Crippen molar-refractivity contribution in [2.45, 2.75) is 24.5 Å². The Morgan fingerprint density at radius 3 is 1.88 bits per heavy atom. The maximum Gasteiger partial charge on any atom is 0.319 e. The fraction of sp³-hybridized carbons (Fsp3) is 0.111. The molecule has 0 saturated heterocycles. The lowest BCUT2D eigenvalue weighted by Crippen LogP contribution is -2.28. The fourth-order valence-electron chi connectivity index (χ4n) is 3.30. The Morgan fingerprint density at radius 1 is 0.727 bits per heavy atom. The average Bonchev–Trinajstić information content (AvgIpc) is 2.86. The number of carbonyl (C=O) groups excluding carboxylic acids is 1. The van der Waals surface area contributed by atoms with Crippen molar-refractivity contribution in [1.29, 1.82) is 0 Å². The van der Waals surface area contributed by atoms with Gasteiger partial charge in [-0.05, 0) is 65.0 Å². The van der Waals surface area contributed by atoms with Crippen LogP contribution >= 0.6 is 11.9 Å². The second kappa shape index (κ2) is 11.9. The molecule has 3 aromatic carbocycles. The smallest absolute Gasteiger partial charge is 0.319 e. The largest absolute Gasteiger partial charge is 0.334 e. The molecule has 0 aliphatic heterocycles. The maximum atomic E-state index is 12.2. The number of anilines is 1. The van der Waals surface area contributed by atoms with Crippen molar-refractivity contribution in [1.82, 2.24) is 14.6 Å². The molecule has 0 fully saturated rings. The number of rotatable bonds is 9. The minimum absolute atomic E-state index is 0.234. The molecule has 0 saturated carbocycles. The molecule has 4 rings (SSSR count). The first-order valence-electron chi connectivity index (χ1n) is 10.8. The van der Waals surface area contributed by atoms with Gasteiger partial charge in [-0.3, -0.25) is 4.98 Å². The number of aromatic nitrogens is 1. The van der Waals surface area contributed by atoms with Crippen LogP contribution in [-0.4, -0.2) is 15.3 Å². The van der Waals surface area contributed by atoms with E-state index in [1.807, 2.05) is 48.5 Å². The summed E-state index contributed by atoms with van der Waals surface area (Å²) >= 11 is 1.71. The van der Waals surface area contributed by atoms with E-state index in [1.165, 1.54) is 11.1 Å². The SMILES string of the molecule is O=C(NCc1ccncc1)Nc1ccc(SN(Cc2ccccc2)Cc2ccccc2)cc1. The van der Waals surface area contributed by atoms with Gasteiger partial charge in [-0.1, -0.05) is 60.7 Å². The van der Waals surface area contributed by atoms with E-state index < -0.39 is 0 Å². The lowest BCUT2D eigenvalue weighted by Gasteiger charge is -2.21. The molecule has 2 amide bonds. The number of benzene rings is 3. The van der Waals surface area contributed by atoms with E-state index in [1.54, 1.807) is 24.3 Å². The van der Waals surface area contributed by atoms with Crippen LogP contribution in [-0.2, 0) is 19.6 Å². The van der Waals surface area contributed by atoms with E-state index in [2.05, 4.69) is 68.5 Å². The van der Waals surface area contributed by atoms with Crippen LogP contribution in [0.2, 0.25) is 0 Å². The number of hydrogen-bond donors (Lipinski definition) is 2. The monoisotopic (exact) mass is 454 g/mol. The van der Waals surface area contributed by atoms with Gasteiger partial charge in [0.15, 0.2) is 0 Å². The first kappa shape index (κ1) is 22.6. The van der Waals surface area contributed by atoms with E-state index in [9.17, 15) is 4.79 Å². The summed E-state index contributed by atoms with van der Waals surface area (Å²) in [4.78, 5) is 17.3. The van der Waals surface area contributed by atoms with E-state index in [4.69, 9.17) is 0 Å². The highest BCUT2D eigenvalue weighted by atomic mass is 32.2. The Kier molecular flexibility index (Phi) is 8.11. The van der Waals surface area contributed by atoms with Crippen molar-refractivity contribution in [3.63, 3.8) is 0 Å². The van der Waals surface area contributed by atoms with Crippen molar-refractivity contribution in [2.75, 3.05) is 5.32 Å². The van der Waals surface area contributed by atoms with E-state index >= 15 is 0 Å². The lowest BCUT2D eigenvalue weighted by atomic mass is 10.2. The highest BCUT2D eigenvalue weighted by Gasteiger charge is 2.10. The molecule has 0 aliphatic rings. The molecule has 1 heterocycles. The van der Waals surface area contributed by atoms with Crippen LogP contribution in [0.25, 0.3) is 0 Å².